The van der Waals surface area contributed by atoms with Gasteiger partial charge in [0.25, 0.3) is 0 Å². The summed E-state index contributed by atoms with van der Waals surface area (Å²) in [6, 6.07) is 8.19. The summed E-state index contributed by atoms with van der Waals surface area (Å²) in [5.41, 5.74) is 1.89. The molecule has 186 valence electrons. The van der Waals surface area contributed by atoms with Gasteiger partial charge in [0.15, 0.2) is 0 Å². The number of ether oxygens (including phenoxy) is 1. The number of carbonyl (C=O) groups excluding carboxylic acids is 3. The normalized spacial score (nSPS) is 22.4. The average Bonchev–Trinajstić information content (AvgIpc) is 3.49. The topological polar surface area (TPSA) is 129 Å². The molecule has 0 radical (unpaired) electrons. The first kappa shape index (κ1) is 24.7. The highest BCUT2D eigenvalue weighted by Gasteiger charge is 2.50. The van der Waals surface area contributed by atoms with Crippen LogP contribution in [0.15, 0.2) is 58.9 Å². The van der Waals surface area contributed by atoms with E-state index in [1.54, 1.807) is 18.2 Å². The molecule has 0 saturated heterocycles. The first-order valence-electron chi connectivity index (χ1n) is 11.7. The zero-order valence-electron chi connectivity index (χ0n) is 19.6. The molecule has 35 heavy (non-hydrogen) atoms. The van der Waals surface area contributed by atoms with Crippen molar-refractivity contribution < 1.29 is 33.8 Å². The number of hydrogen-bond donors (Lipinski definition) is 3. The molecule has 9 nitrogen and oxygen atoms in total. The van der Waals surface area contributed by atoms with Crippen molar-refractivity contribution in [1.29, 1.82) is 0 Å². The summed E-state index contributed by atoms with van der Waals surface area (Å²) in [6.07, 6.45) is 3.57. The SMILES string of the molecule is CC(=O)CCCC(=O)N(Cc1ccoc1)C1C=C(C(=O)NCCO)C2c3ccccc3OC2C1O. The molecule has 0 saturated carbocycles. The number of nitrogens with one attached hydrogen (secondary N) is 1. The van der Waals surface area contributed by atoms with Gasteiger partial charge in [0, 0.05) is 42.6 Å². The Bertz CT molecular complexity index is 1090. The number of para-hydroxylation sites is 1. The Hall–Kier alpha value is -3.43. The molecule has 9 heteroatoms. The summed E-state index contributed by atoms with van der Waals surface area (Å²) in [7, 11) is 0. The number of aliphatic hydroxyl groups is 2. The quantitative estimate of drug-likeness (QED) is 0.470. The summed E-state index contributed by atoms with van der Waals surface area (Å²) in [6.45, 7) is 1.50. The number of ketones is 1. The highest BCUT2D eigenvalue weighted by molar-refractivity contribution is 5.96. The molecular formula is C26H30N2O7. The third-order valence-corrected chi connectivity index (χ3v) is 6.41. The monoisotopic (exact) mass is 482 g/mol. The Morgan fingerprint density at radius 2 is 1.94 bits per heavy atom. The van der Waals surface area contributed by atoms with Crippen LogP contribution < -0.4 is 10.1 Å². The lowest BCUT2D eigenvalue weighted by atomic mass is 9.77. The van der Waals surface area contributed by atoms with E-state index in [0.717, 1.165) is 11.1 Å². The first-order chi connectivity index (χ1) is 16.9. The van der Waals surface area contributed by atoms with Crippen LogP contribution in [0.2, 0.25) is 0 Å². The van der Waals surface area contributed by atoms with Gasteiger partial charge in [0.05, 0.1) is 31.1 Å². The maximum atomic E-state index is 13.3. The molecule has 0 spiro atoms. The number of carbonyl (C=O) groups is 3. The van der Waals surface area contributed by atoms with Crippen LogP contribution in [-0.4, -0.2) is 64.1 Å². The second-order valence-electron chi connectivity index (χ2n) is 8.89. The number of Topliss-reactive ketones (excluding diaryl/α,β-unsaturated/α-hetero) is 1. The fourth-order valence-electron chi connectivity index (χ4n) is 4.76. The van der Waals surface area contributed by atoms with E-state index in [1.165, 1.54) is 24.3 Å². The molecule has 4 rings (SSSR count). The van der Waals surface area contributed by atoms with Crippen LogP contribution in [0, 0.1) is 0 Å². The molecule has 1 aromatic heterocycles. The van der Waals surface area contributed by atoms with Crippen LogP contribution in [0.3, 0.4) is 0 Å². The summed E-state index contributed by atoms with van der Waals surface area (Å²) < 4.78 is 11.3. The number of fused-ring (bicyclic) bond motifs is 3. The van der Waals surface area contributed by atoms with Crippen LogP contribution in [0.4, 0.5) is 0 Å². The van der Waals surface area contributed by atoms with Crippen molar-refractivity contribution in [2.45, 2.75) is 56.9 Å². The lowest BCUT2D eigenvalue weighted by Crippen LogP contribution is -2.55. The van der Waals surface area contributed by atoms with Crippen molar-refractivity contribution >= 4 is 17.6 Å². The van der Waals surface area contributed by atoms with Crippen LogP contribution in [-0.2, 0) is 20.9 Å². The van der Waals surface area contributed by atoms with Gasteiger partial charge < -0.3 is 34.4 Å². The molecule has 1 aromatic carbocycles. The molecular weight excluding hydrogens is 452 g/mol. The van der Waals surface area contributed by atoms with Gasteiger partial charge in [0.1, 0.15) is 23.7 Å². The van der Waals surface area contributed by atoms with Crippen LogP contribution in [0.1, 0.15) is 43.2 Å². The minimum absolute atomic E-state index is 0.000385. The molecule has 2 aromatic rings. The molecule has 0 bridgehead atoms. The van der Waals surface area contributed by atoms with Crippen LogP contribution >= 0.6 is 0 Å². The zero-order chi connectivity index (χ0) is 24.9. The fourth-order valence-corrected chi connectivity index (χ4v) is 4.76. The molecule has 2 heterocycles. The lowest BCUT2D eigenvalue weighted by molar-refractivity contribution is -0.138. The number of aliphatic hydroxyl groups excluding tert-OH is 2. The van der Waals surface area contributed by atoms with Gasteiger partial charge in [-0.2, -0.15) is 0 Å². The predicted molar refractivity (Wildman–Crippen MR) is 125 cm³/mol. The Kier molecular flexibility index (Phi) is 7.67. The van der Waals surface area contributed by atoms with Gasteiger partial charge in [-0.3, -0.25) is 9.59 Å². The number of benzene rings is 1. The van der Waals surface area contributed by atoms with E-state index in [4.69, 9.17) is 9.15 Å². The van der Waals surface area contributed by atoms with E-state index in [0.29, 0.717) is 17.7 Å². The van der Waals surface area contributed by atoms with E-state index in [1.807, 2.05) is 18.2 Å². The average molecular weight is 483 g/mol. The van der Waals surface area contributed by atoms with Crippen molar-refractivity contribution in [3.8, 4) is 5.75 Å². The molecule has 2 aliphatic rings. The lowest BCUT2D eigenvalue weighted by Gasteiger charge is -2.40. The Morgan fingerprint density at radius 1 is 1.14 bits per heavy atom. The minimum Gasteiger partial charge on any atom is -0.486 e. The maximum Gasteiger partial charge on any atom is 0.247 e. The third-order valence-electron chi connectivity index (χ3n) is 6.41. The second kappa shape index (κ2) is 10.9. The third kappa shape index (κ3) is 5.31. The summed E-state index contributed by atoms with van der Waals surface area (Å²) in [5.74, 6) is -0.577. The van der Waals surface area contributed by atoms with E-state index < -0.39 is 30.1 Å². The van der Waals surface area contributed by atoms with Crippen LogP contribution in [0.5, 0.6) is 5.75 Å². The van der Waals surface area contributed by atoms with Gasteiger partial charge in [-0.05, 0) is 31.6 Å². The number of nitrogens with zero attached hydrogens (tertiary/aromatic N) is 1. The van der Waals surface area contributed by atoms with Crippen molar-refractivity contribution in [3.63, 3.8) is 0 Å². The Labute approximate surface area is 203 Å². The molecule has 4 atom stereocenters. The summed E-state index contributed by atoms with van der Waals surface area (Å²) in [5, 5.41) is 23.3. The number of amides is 2. The van der Waals surface area contributed by atoms with Gasteiger partial charge in [0.2, 0.25) is 11.8 Å². The molecule has 2 amide bonds. The Balaban J connectivity index is 1.70. The van der Waals surface area contributed by atoms with Gasteiger partial charge in [-0.1, -0.05) is 18.2 Å². The summed E-state index contributed by atoms with van der Waals surface area (Å²) >= 11 is 0. The molecule has 1 aliphatic carbocycles. The zero-order valence-corrected chi connectivity index (χ0v) is 19.6. The van der Waals surface area contributed by atoms with Crippen molar-refractivity contribution in [3.05, 3.63) is 65.6 Å². The minimum atomic E-state index is -1.11. The molecule has 1 aliphatic heterocycles. The van der Waals surface area contributed by atoms with Gasteiger partial charge in [-0.25, -0.2) is 0 Å². The van der Waals surface area contributed by atoms with Gasteiger partial charge >= 0.3 is 0 Å². The predicted octanol–water partition coefficient (Wildman–Crippen LogP) is 1.69. The van der Waals surface area contributed by atoms with Crippen molar-refractivity contribution in [1.82, 2.24) is 10.2 Å². The number of furan rings is 1. The maximum absolute atomic E-state index is 13.3. The van der Waals surface area contributed by atoms with Gasteiger partial charge in [-0.15, -0.1) is 0 Å². The Morgan fingerprint density at radius 3 is 2.66 bits per heavy atom. The highest BCUT2D eigenvalue weighted by Crippen LogP contribution is 2.47. The van der Waals surface area contributed by atoms with E-state index in [2.05, 4.69) is 5.32 Å². The smallest absolute Gasteiger partial charge is 0.247 e. The second-order valence-corrected chi connectivity index (χ2v) is 8.89. The van der Waals surface area contributed by atoms with E-state index in [-0.39, 0.29) is 44.2 Å². The fraction of sp³-hybridized carbons (Fsp3) is 0.423. The molecule has 3 N–H and O–H groups in total. The van der Waals surface area contributed by atoms with Crippen LogP contribution in [0.25, 0.3) is 0 Å². The van der Waals surface area contributed by atoms with E-state index in [9.17, 15) is 24.6 Å². The summed E-state index contributed by atoms with van der Waals surface area (Å²) in [4.78, 5) is 39.3. The molecule has 4 unspecified atom stereocenters. The molecule has 0 fully saturated rings. The standard InChI is InChI=1S/C26H30N2O7/c1-16(30)5-4-8-22(31)28(14-17-9-12-34-15-17)20-13-19(26(33)27-10-11-29)23-18-6-2-3-7-21(18)35-25(23)24(20)32/h2-3,6-7,9,12-13,15,20,23-25,29,32H,4-5,8,10-11,14H2,1H3,(H,27,33). The highest BCUT2D eigenvalue weighted by atomic mass is 16.5. The number of rotatable bonds is 10. The van der Waals surface area contributed by atoms with E-state index >= 15 is 0 Å². The number of hydrogen-bond acceptors (Lipinski definition) is 7. The van der Waals surface area contributed by atoms with Crippen molar-refractivity contribution in [2.24, 2.45) is 0 Å². The van der Waals surface area contributed by atoms with Crippen molar-refractivity contribution in [2.75, 3.05) is 13.2 Å². The first-order valence-corrected chi connectivity index (χ1v) is 11.7. The largest absolute Gasteiger partial charge is 0.486 e.